The van der Waals surface area contributed by atoms with Crippen LogP contribution in [0.25, 0.3) is 11.5 Å². The van der Waals surface area contributed by atoms with Crippen molar-refractivity contribution in [2.75, 3.05) is 31.9 Å². The van der Waals surface area contributed by atoms with Crippen LogP contribution in [-0.2, 0) is 4.79 Å². The standard InChI is InChI=1S/C20H20ClN3O5S/c1-4-28-13-7-5-12(6-8-13)19-23-24-20(29-19)30-11-18(25)22-15-9-14(21)16(26-2)10-17(15)27-3/h5-10H,4,11H2,1-3H3,(H,22,25). The fourth-order valence-corrected chi connectivity index (χ4v) is 3.32. The van der Waals surface area contributed by atoms with Gasteiger partial charge < -0.3 is 23.9 Å². The average Bonchev–Trinajstić information content (AvgIpc) is 3.22. The summed E-state index contributed by atoms with van der Waals surface area (Å²) in [5.41, 5.74) is 1.20. The maximum absolute atomic E-state index is 12.3. The van der Waals surface area contributed by atoms with Crippen LogP contribution in [-0.4, -0.2) is 42.7 Å². The first-order valence-corrected chi connectivity index (χ1v) is 10.3. The van der Waals surface area contributed by atoms with Gasteiger partial charge in [0.2, 0.25) is 11.8 Å². The number of rotatable bonds is 9. The van der Waals surface area contributed by atoms with Crippen LogP contribution in [0.5, 0.6) is 17.2 Å². The molecule has 0 aliphatic carbocycles. The van der Waals surface area contributed by atoms with Crippen molar-refractivity contribution < 1.29 is 23.4 Å². The fraction of sp³-hybridized carbons (Fsp3) is 0.250. The van der Waals surface area contributed by atoms with Gasteiger partial charge in [0.05, 0.1) is 37.3 Å². The largest absolute Gasteiger partial charge is 0.495 e. The molecular weight excluding hydrogens is 430 g/mol. The van der Waals surface area contributed by atoms with E-state index in [2.05, 4.69) is 15.5 Å². The zero-order valence-electron chi connectivity index (χ0n) is 16.6. The van der Waals surface area contributed by atoms with Crippen LogP contribution in [0.15, 0.2) is 46.0 Å². The monoisotopic (exact) mass is 449 g/mol. The lowest BCUT2D eigenvalue weighted by molar-refractivity contribution is -0.113. The number of aromatic nitrogens is 2. The minimum atomic E-state index is -0.277. The zero-order chi connectivity index (χ0) is 21.5. The molecule has 10 heteroatoms. The minimum Gasteiger partial charge on any atom is -0.495 e. The Kier molecular flexibility index (Phi) is 7.42. The number of thioether (sulfide) groups is 1. The third-order valence-electron chi connectivity index (χ3n) is 3.89. The Bertz CT molecular complexity index is 1010. The number of hydrogen-bond acceptors (Lipinski definition) is 8. The molecule has 2 aromatic carbocycles. The van der Waals surface area contributed by atoms with Crippen molar-refractivity contribution in [2.24, 2.45) is 0 Å². The van der Waals surface area contributed by atoms with Gasteiger partial charge in [-0.15, -0.1) is 10.2 Å². The van der Waals surface area contributed by atoms with E-state index in [0.717, 1.165) is 23.1 Å². The summed E-state index contributed by atoms with van der Waals surface area (Å²) < 4.78 is 21.5. The first-order valence-electron chi connectivity index (χ1n) is 8.95. The van der Waals surface area contributed by atoms with E-state index in [0.29, 0.717) is 34.7 Å². The number of carbonyl (C=O) groups is 1. The summed E-state index contributed by atoms with van der Waals surface area (Å²) in [4.78, 5) is 12.3. The average molecular weight is 450 g/mol. The van der Waals surface area contributed by atoms with Crippen LogP contribution in [0.4, 0.5) is 5.69 Å². The molecule has 3 rings (SSSR count). The number of benzene rings is 2. The Morgan fingerprint density at radius 1 is 1.13 bits per heavy atom. The molecule has 0 unspecified atom stereocenters. The van der Waals surface area contributed by atoms with E-state index in [1.165, 1.54) is 14.2 Å². The molecule has 30 heavy (non-hydrogen) atoms. The maximum Gasteiger partial charge on any atom is 0.277 e. The second-order valence-electron chi connectivity index (χ2n) is 5.85. The zero-order valence-corrected chi connectivity index (χ0v) is 18.2. The van der Waals surface area contributed by atoms with Gasteiger partial charge in [-0.3, -0.25) is 4.79 Å². The normalized spacial score (nSPS) is 10.5. The topological polar surface area (TPSA) is 95.7 Å². The van der Waals surface area contributed by atoms with Gasteiger partial charge in [0.15, 0.2) is 0 Å². The Morgan fingerprint density at radius 3 is 2.53 bits per heavy atom. The molecule has 0 aliphatic rings. The van der Waals surface area contributed by atoms with Crippen molar-refractivity contribution >= 4 is 35.0 Å². The fourth-order valence-electron chi connectivity index (χ4n) is 2.52. The number of amides is 1. The Morgan fingerprint density at radius 2 is 1.87 bits per heavy atom. The van der Waals surface area contributed by atoms with E-state index in [9.17, 15) is 4.79 Å². The molecular formula is C20H20ClN3O5S. The number of halogens is 1. The van der Waals surface area contributed by atoms with Crippen LogP contribution in [0.1, 0.15) is 6.92 Å². The first-order chi connectivity index (χ1) is 14.5. The van der Waals surface area contributed by atoms with E-state index >= 15 is 0 Å². The summed E-state index contributed by atoms with van der Waals surface area (Å²) in [6.45, 7) is 2.52. The summed E-state index contributed by atoms with van der Waals surface area (Å²) in [6, 6.07) is 10.5. The lowest BCUT2D eigenvalue weighted by atomic mass is 10.2. The molecule has 1 aromatic heterocycles. The molecule has 0 bridgehead atoms. The molecule has 1 N–H and O–H groups in total. The van der Waals surface area contributed by atoms with Crippen molar-refractivity contribution in [3.63, 3.8) is 0 Å². The van der Waals surface area contributed by atoms with Crippen LogP contribution >= 0.6 is 23.4 Å². The van der Waals surface area contributed by atoms with Crippen LogP contribution in [0.2, 0.25) is 5.02 Å². The van der Waals surface area contributed by atoms with E-state index in [1.807, 2.05) is 31.2 Å². The summed E-state index contributed by atoms with van der Waals surface area (Å²) >= 11 is 7.25. The summed E-state index contributed by atoms with van der Waals surface area (Å²) in [6.07, 6.45) is 0. The molecule has 0 saturated heterocycles. The van der Waals surface area contributed by atoms with Crippen molar-refractivity contribution in [1.29, 1.82) is 0 Å². The molecule has 0 saturated carbocycles. The van der Waals surface area contributed by atoms with Crippen molar-refractivity contribution in [2.45, 2.75) is 12.1 Å². The first kappa shape index (κ1) is 21.8. The maximum atomic E-state index is 12.3. The van der Waals surface area contributed by atoms with Gasteiger partial charge >= 0.3 is 0 Å². The second-order valence-corrected chi connectivity index (χ2v) is 7.19. The molecule has 1 heterocycles. The smallest absolute Gasteiger partial charge is 0.277 e. The van der Waals surface area contributed by atoms with Gasteiger partial charge in [-0.1, -0.05) is 23.4 Å². The molecule has 0 aliphatic heterocycles. The van der Waals surface area contributed by atoms with E-state index in [4.69, 9.17) is 30.2 Å². The Balaban J connectivity index is 1.60. The number of ether oxygens (including phenoxy) is 3. The van der Waals surface area contributed by atoms with Crippen LogP contribution in [0, 0.1) is 0 Å². The highest BCUT2D eigenvalue weighted by atomic mass is 35.5. The van der Waals surface area contributed by atoms with E-state index in [1.54, 1.807) is 12.1 Å². The predicted molar refractivity (Wildman–Crippen MR) is 115 cm³/mol. The summed E-state index contributed by atoms with van der Waals surface area (Å²) in [5, 5.41) is 11.4. The molecule has 0 atom stereocenters. The van der Waals surface area contributed by atoms with Crippen LogP contribution in [0.3, 0.4) is 0 Å². The number of anilines is 1. The highest BCUT2D eigenvalue weighted by Crippen LogP contribution is 2.36. The SMILES string of the molecule is CCOc1ccc(-c2nnc(SCC(=O)Nc3cc(Cl)c(OC)cc3OC)o2)cc1. The van der Waals surface area contributed by atoms with Gasteiger partial charge in [0, 0.05) is 11.6 Å². The van der Waals surface area contributed by atoms with E-state index < -0.39 is 0 Å². The highest BCUT2D eigenvalue weighted by Gasteiger charge is 2.15. The van der Waals surface area contributed by atoms with Crippen molar-refractivity contribution in [3.8, 4) is 28.7 Å². The van der Waals surface area contributed by atoms with Gasteiger partial charge in [-0.25, -0.2) is 0 Å². The Labute approximate surface area is 182 Å². The number of nitrogens with one attached hydrogen (secondary N) is 1. The molecule has 3 aromatic rings. The van der Waals surface area contributed by atoms with Gasteiger partial charge in [0.25, 0.3) is 5.22 Å². The van der Waals surface area contributed by atoms with Gasteiger partial charge in [0.1, 0.15) is 17.2 Å². The number of methoxy groups -OCH3 is 2. The lowest BCUT2D eigenvalue weighted by Crippen LogP contribution is -2.14. The molecule has 8 nitrogen and oxygen atoms in total. The summed E-state index contributed by atoms with van der Waals surface area (Å²) in [5.74, 6) is 1.81. The third-order valence-corrected chi connectivity index (χ3v) is 5.01. The quantitative estimate of drug-likeness (QED) is 0.476. The summed E-state index contributed by atoms with van der Waals surface area (Å²) in [7, 11) is 3.00. The van der Waals surface area contributed by atoms with Crippen molar-refractivity contribution in [1.82, 2.24) is 10.2 Å². The molecule has 1 amide bonds. The van der Waals surface area contributed by atoms with Gasteiger partial charge in [-0.05, 0) is 37.3 Å². The lowest BCUT2D eigenvalue weighted by Gasteiger charge is -2.12. The Hall–Kier alpha value is -2.91. The predicted octanol–water partition coefficient (Wildman–Crippen LogP) is 4.54. The van der Waals surface area contributed by atoms with E-state index in [-0.39, 0.29) is 16.9 Å². The molecule has 158 valence electrons. The third kappa shape index (κ3) is 5.37. The highest BCUT2D eigenvalue weighted by molar-refractivity contribution is 7.99. The van der Waals surface area contributed by atoms with Gasteiger partial charge in [-0.2, -0.15) is 0 Å². The van der Waals surface area contributed by atoms with Crippen molar-refractivity contribution in [3.05, 3.63) is 41.4 Å². The molecule has 0 spiro atoms. The number of hydrogen-bond donors (Lipinski definition) is 1. The number of carbonyl (C=O) groups excluding carboxylic acids is 1. The van der Waals surface area contributed by atoms with Crippen LogP contribution < -0.4 is 19.5 Å². The molecule has 0 radical (unpaired) electrons. The number of nitrogens with zero attached hydrogens (tertiary/aromatic N) is 2. The minimum absolute atomic E-state index is 0.0672. The second kappa shape index (κ2) is 10.2. The molecule has 0 fully saturated rings.